The molecule has 9 heteroatoms. The summed E-state index contributed by atoms with van der Waals surface area (Å²) in [7, 11) is -2.61. The van der Waals surface area contributed by atoms with Gasteiger partial charge < -0.3 is 5.32 Å². The number of hydrogen-bond acceptors (Lipinski definition) is 3. The minimum atomic E-state index is -4.07. The van der Waals surface area contributed by atoms with Crippen LogP contribution in [-0.4, -0.2) is 31.7 Å². The highest BCUT2D eigenvalue weighted by Gasteiger charge is 2.31. The van der Waals surface area contributed by atoms with Crippen LogP contribution in [0.2, 0.25) is 10.0 Å². The molecule has 0 heterocycles. The van der Waals surface area contributed by atoms with E-state index in [0.29, 0.717) is 10.7 Å². The van der Waals surface area contributed by atoms with E-state index in [2.05, 4.69) is 5.32 Å². The van der Waals surface area contributed by atoms with Crippen molar-refractivity contribution in [1.29, 1.82) is 0 Å². The lowest BCUT2D eigenvalue weighted by Gasteiger charge is -2.30. The average molecular weight is 459 g/mol. The fourth-order valence-electron chi connectivity index (χ4n) is 3.42. The second kappa shape index (κ2) is 9.00. The zero-order valence-electron chi connectivity index (χ0n) is 15.8. The highest BCUT2D eigenvalue weighted by atomic mass is 35.5. The third-order valence-corrected chi connectivity index (χ3v) is 7.78. The van der Waals surface area contributed by atoms with Gasteiger partial charge in [0.2, 0.25) is 10.0 Å². The Labute approximate surface area is 179 Å². The highest BCUT2D eigenvalue weighted by molar-refractivity contribution is 7.89. The molecule has 0 bridgehead atoms. The molecule has 0 aromatic heterocycles. The molecular formula is C20H21Cl2FN2O3S. The van der Waals surface area contributed by atoms with Crippen molar-refractivity contribution in [2.45, 2.75) is 43.0 Å². The molecule has 0 spiro atoms. The molecule has 1 aliphatic carbocycles. The van der Waals surface area contributed by atoms with Crippen molar-refractivity contribution < 1.29 is 17.6 Å². The molecule has 3 rings (SSSR count). The molecule has 156 valence electrons. The van der Waals surface area contributed by atoms with Gasteiger partial charge in [0.25, 0.3) is 5.91 Å². The number of nitrogens with zero attached hydrogens (tertiary/aromatic N) is 1. The van der Waals surface area contributed by atoms with Gasteiger partial charge in [-0.15, -0.1) is 0 Å². The van der Waals surface area contributed by atoms with Gasteiger partial charge in [-0.2, -0.15) is 4.31 Å². The van der Waals surface area contributed by atoms with E-state index in [1.165, 1.54) is 29.6 Å². The number of amides is 1. The first kappa shape index (κ1) is 22.0. The van der Waals surface area contributed by atoms with Gasteiger partial charge in [0.1, 0.15) is 10.7 Å². The highest BCUT2D eigenvalue weighted by Crippen LogP contribution is 2.29. The molecule has 2 aromatic rings. The average Bonchev–Trinajstić information content (AvgIpc) is 2.71. The van der Waals surface area contributed by atoms with Crippen LogP contribution < -0.4 is 5.32 Å². The lowest BCUT2D eigenvalue weighted by Crippen LogP contribution is -2.38. The van der Waals surface area contributed by atoms with Crippen LogP contribution in [0.5, 0.6) is 0 Å². The Kier molecular flexibility index (Phi) is 6.83. The Bertz CT molecular complexity index is 1020. The fraction of sp³-hybridized carbons (Fsp3) is 0.350. The molecule has 1 saturated carbocycles. The van der Waals surface area contributed by atoms with Gasteiger partial charge in [0, 0.05) is 24.3 Å². The first-order valence-corrected chi connectivity index (χ1v) is 11.4. The first-order chi connectivity index (χ1) is 13.7. The molecule has 29 heavy (non-hydrogen) atoms. The van der Waals surface area contributed by atoms with Crippen molar-refractivity contribution in [2.75, 3.05) is 12.4 Å². The van der Waals surface area contributed by atoms with Gasteiger partial charge in [0.15, 0.2) is 0 Å². The van der Waals surface area contributed by atoms with Crippen LogP contribution in [0.3, 0.4) is 0 Å². The molecule has 0 saturated heterocycles. The molecular weight excluding hydrogens is 438 g/mol. The standard InChI is InChI=1S/C20H21Cl2FN2O3S/c1-25(15-5-3-2-4-6-15)29(27,28)19-11-13(7-10-18(19)23)20(26)24-14-8-9-16(21)17(22)12-14/h7-12,15H,2-6H2,1H3,(H,24,26). The smallest absolute Gasteiger partial charge is 0.255 e. The van der Waals surface area contributed by atoms with Gasteiger partial charge in [0.05, 0.1) is 10.0 Å². The van der Waals surface area contributed by atoms with E-state index in [9.17, 15) is 17.6 Å². The van der Waals surface area contributed by atoms with E-state index in [0.717, 1.165) is 44.2 Å². The van der Waals surface area contributed by atoms with Crippen molar-refractivity contribution in [3.8, 4) is 0 Å². The van der Waals surface area contributed by atoms with Crippen LogP contribution in [0.15, 0.2) is 41.3 Å². The summed E-state index contributed by atoms with van der Waals surface area (Å²) in [6.45, 7) is 0. The molecule has 1 N–H and O–H groups in total. The van der Waals surface area contributed by atoms with Crippen molar-refractivity contribution in [3.05, 3.63) is 57.8 Å². The van der Waals surface area contributed by atoms with E-state index in [1.54, 1.807) is 6.07 Å². The van der Waals surface area contributed by atoms with E-state index >= 15 is 0 Å². The Morgan fingerprint density at radius 2 is 1.76 bits per heavy atom. The van der Waals surface area contributed by atoms with Gasteiger partial charge in [-0.1, -0.05) is 42.5 Å². The lowest BCUT2D eigenvalue weighted by atomic mass is 9.96. The van der Waals surface area contributed by atoms with Crippen molar-refractivity contribution in [2.24, 2.45) is 0 Å². The van der Waals surface area contributed by atoms with Crippen LogP contribution in [-0.2, 0) is 10.0 Å². The molecule has 1 amide bonds. The maximum Gasteiger partial charge on any atom is 0.255 e. The van der Waals surface area contributed by atoms with Crippen LogP contribution >= 0.6 is 23.2 Å². The minimum Gasteiger partial charge on any atom is -0.322 e. The first-order valence-electron chi connectivity index (χ1n) is 9.24. The van der Waals surface area contributed by atoms with Crippen LogP contribution in [0.4, 0.5) is 10.1 Å². The Balaban J connectivity index is 1.86. The van der Waals surface area contributed by atoms with Gasteiger partial charge >= 0.3 is 0 Å². The fourth-order valence-corrected chi connectivity index (χ4v) is 5.22. The number of halogens is 3. The lowest BCUT2D eigenvalue weighted by molar-refractivity contribution is 0.102. The number of hydrogen-bond donors (Lipinski definition) is 1. The minimum absolute atomic E-state index is 0.0214. The second-order valence-electron chi connectivity index (χ2n) is 7.04. The number of nitrogens with one attached hydrogen (secondary N) is 1. The number of anilines is 1. The summed E-state index contributed by atoms with van der Waals surface area (Å²) in [6, 6.07) is 7.69. The molecule has 5 nitrogen and oxygen atoms in total. The third-order valence-electron chi connectivity index (χ3n) is 5.12. The van der Waals surface area contributed by atoms with E-state index in [4.69, 9.17) is 23.2 Å². The molecule has 0 radical (unpaired) electrons. The van der Waals surface area contributed by atoms with Crippen LogP contribution in [0.1, 0.15) is 42.5 Å². The SMILES string of the molecule is CN(C1CCCCC1)S(=O)(=O)c1cc(C(=O)Nc2ccc(Cl)c(Cl)c2)ccc1F. The quantitative estimate of drug-likeness (QED) is 0.657. The number of sulfonamides is 1. The van der Waals surface area contributed by atoms with E-state index < -0.39 is 26.6 Å². The molecule has 0 aliphatic heterocycles. The summed E-state index contributed by atoms with van der Waals surface area (Å²) < 4.78 is 41.6. The monoisotopic (exact) mass is 458 g/mol. The summed E-state index contributed by atoms with van der Waals surface area (Å²) in [5, 5.41) is 3.21. The maximum atomic E-state index is 14.4. The van der Waals surface area contributed by atoms with Gasteiger partial charge in [-0.05, 0) is 49.2 Å². The summed E-state index contributed by atoms with van der Waals surface area (Å²) in [6.07, 6.45) is 4.45. The summed E-state index contributed by atoms with van der Waals surface area (Å²) in [4.78, 5) is 12.0. The summed E-state index contributed by atoms with van der Waals surface area (Å²) >= 11 is 11.8. The third kappa shape index (κ3) is 4.91. The van der Waals surface area contributed by atoms with Crippen molar-refractivity contribution in [1.82, 2.24) is 4.31 Å². The Morgan fingerprint density at radius 3 is 2.41 bits per heavy atom. The van der Waals surface area contributed by atoms with Crippen LogP contribution in [0.25, 0.3) is 0 Å². The van der Waals surface area contributed by atoms with E-state index in [-0.39, 0.29) is 16.6 Å². The molecule has 0 unspecified atom stereocenters. The predicted molar refractivity (Wildman–Crippen MR) is 113 cm³/mol. The Hall–Kier alpha value is -1.67. The zero-order chi connectivity index (χ0) is 21.2. The van der Waals surface area contributed by atoms with Crippen molar-refractivity contribution in [3.63, 3.8) is 0 Å². The predicted octanol–water partition coefficient (Wildman–Crippen LogP) is 5.34. The number of rotatable bonds is 5. The van der Waals surface area contributed by atoms with Gasteiger partial charge in [-0.25, -0.2) is 12.8 Å². The van der Waals surface area contributed by atoms with Gasteiger partial charge in [-0.3, -0.25) is 4.79 Å². The zero-order valence-corrected chi connectivity index (χ0v) is 18.1. The number of carbonyl (C=O) groups is 1. The summed E-state index contributed by atoms with van der Waals surface area (Å²) in [5.41, 5.74) is 0.408. The van der Waals surface area contributed by atoms with Crippen molar-refractivity contribution >= 4 is 44.8 Å². The Morgan fingerprint density at radius 1 is 1.07 bits per heavy atom. The van der Waals surface area contributed by atoms with E-state index in [1.807, 2.05) is 0 Å². The maximum absolute atomic E-state index is 14.4. The van der Waals surface area contributed by atoms with Crippen LogP contribution in [0, 0.1) is 5.82 Å². The topological polar surface area (TPSA) is 66.5 Å². The normalized spacial score (nSPS) is 15.5. The summed E-state index contributed by atoms with van der Waals surface area (Å²) in [5.74, 6) is -1.47. The largest absolute Gasteiger partial charge is 0.322 e. The molecule has 0 atom stereocenters. The molecule has 2 aromatic carbocycles. The molecule has 1 aliphatic rings. The number of carbonyl (C=O) groups excluding carboxylic acids is 1. The number of benzene rings is 2. The second-order valence-corrected chi connectivity index (χ2v) is 9.82. The molecule has 1 fully saturated rings.